The highest BCUT2D eigenvalue weighted by atomic mass is 35.5. The molecule has 0 unspecified atom stereocenters. The second-order valence-corrected chi connectivity index (χ2v) is 8.77. The van der Waals surface area contributed by atoms with Crippen LogP contribution in [-0.2, 0) is 6.54 Å². The lowest BCUT2D eigenvalue weighted by Crippen LogP contribution is -2.38. The van der Waals surface area contributed by atoms with Crippen LogP contribution in [0.3, 0.4) is 0 Å². The number of thiophene rings is 1. The van der Waals surface area contributed by atoms with Crippen LogP contribution < -0.4 is 11.2 Å². The van der Waals surface area contributed by atoms with Gasteiger partial charge in [0.1, 0.15) is 10.5 Å². The van der Waals surface area contributed by atoms with Crippen molar-refractivity contribution in [3.63, 3.8) is 0 Å². The SMILES string of the molecule is Cc1ccc(-n2c(=O)c3sc4ccccc4c3n(Cc3ccccc3Cl)c2=O)cc1F. The number of hydrogen-bond acceptors (Lipinski definition) is 3. The van der Waals surface area contributed by atoms with Gasteiger partial charge in [0.05, 0.1) is 17.7 Å². The third-order valence-electron chi connectivity index (χ3n) is 5.36. The molecule has 31 heavy (non-hydrogen) atoms. The van der Waals surface area contributed by atoms with E-state index in [1.807, 2.05) is 42.5 Å². The summed E-state index contributed by atoms with van der Waals surface area (Å²) in [7, 11) is 0. The molecule has 154 valence electrons. The Balaban J connectivity index is 1.91. The fourth-order valence-corrected chi connectivity index (χ4v) is 5.07. The lowest BCUT2D eigenvalue weighted by atomic mass is 10.2. The average Bonchev–Trinajstić information content (AvgIpc) is 3.15. The molecule has 0 aliphatic carbocycles. The normalized spacial score (nSPS) is 11.5. The van der Waals surface area contributed by atoms with E-state index in [0.717, 1.165) is 20.2 Å². The smallest absolute Gasteiger partial charge is 0.287 e. The molecule has 0 spiro atoms. The molecule has 2 heterocycles. The van der Waals surface area contributed by atoms with Crippen molar-refractivity contribution in [3.05, 3.63) is 110 Å². The molecule has 0 amide bonds. The molecule has 0 saturated carbocycles. The Hall–Kier alpha value is -3.22. The summed E-state index contributed by atoms with van der Waals surface area (Å²) in [6, 6.07) is 19.2. The minimum absolute atomic E-state index is 0.185. The molecule has 0 aliphatic heterocycles. The van der Waals surface area contributed by atoms with Crippen LogP contribution in [0.25, 0.3) is 26.0 Å². The summed E-state index contributed by atoms with van der Waals surface area (Å²) in [5.41, 5.74) is 0.966. The third kappa shape index (κ3) is 3.19. The van der Waals surface area contributed by atoms with Gasteiger partial charge in [-0.05, 0) is 42.3 Å². The van der Waals surface area contributed by atoms with Crippen molar-refractivity contribution in [2.75, 3.05) is 0 Å². The Morgan fingerprint density at radius 3 is 2.52 bits per heavy atom. The Bertz CT molecular complexity index is 1600. The molecule has 5 aromatic rings. The van der Waals surface area contributed by atoms with E-state index in [9.17, 15) is 14.0 Å². The summed E-state index contributed by atoms with van der Waals surface area (Å²) in [6.45, 7) is 1.82. The van der Waals surface area contributed by atoms with Crippen LogP contribution in [0.1, 0.15) is 11.1 Å². The Labute approximate surface area is 185 Å². The van der Waals surface area contributed by atoms with E-state index in [1.165, 1.54) is 17.4 Å². The van der Waals surface area contributed by atoms with Gasteiger partial charge >= 0.3 is 5.69 Å². The third-order valence-corrected chi connectivity index (χ3v) is 6.88. The van der Waals surface area contributed by atoms with Gasteiger partial charge in [-0.1, -0.05) is 54.1 Å². The molecule has 0 aliphatic rings. The number of aryl methyl sites for hydroxylation is 1. The number of nitrogens with zero attached hydrogens (tertiary/aromatic N) is 2. The van der Waals surface area contributed by atoms with E-state index in [4.69, 9.17) is 11.6 Å². The Kier molecular flexibility index (Phi) is 4.76. The quantitative estimate of drug-likeness (QED) is 0.363. The maximum Gasteiger partial charge on any atom is 0.336 e. The van der Waals surface area contributed by atoms with Crippen LogP contribution in [0.4, 0.5) is 4.39 Å². The highest BCUT2D eigenvalue weighted by Gasteiger charge is 2.20. The van der Waals surface area contributed by atoms with E-state index >= 15 is 0 Å². The van der Waals surface area contributed by atoms with Crippen molar-refractivity contribution < 1.29 is 4.39 Å². The molecule has 7 heteroatoms. The highest BCUT2D eigenvalue weighted by molar-refractivity contribution is 7.25. The summed E-state index contributed by atoms with van der Waals surface area (Å²) < 4.78 is 18.2. The van der Waals surface area contributed by atoms with E-state index < -0.39 is 17.1 Å². The standard InChI is InChI=1S/C24H16ClFN2O2S/c1-14-10-11-16(12-19(14)26)28-23(29)22-21(17-7-3-5-9-20(17)31-22)27(24(28)30)13-15-6-2-4-8-18(15)25/h2-12H,13H2,1H3. The van der Waals surface area contributed by atoms with E-state index in [2.05, 4.69) is 0 Å². The zero-order valence-corrected chi connectivity index (χ0v) is 18.0. The van der Waals surface area contributed by atoms with Gasteiger partial charge in [-0.3, -0.25) is 9.36 Å². The first-order valence-electron chi connectivity index (χ1n) is 9.63. The number of halogens is 2. The van der Waals surface area contributed by atoms with Gasteiger partial charge in [0, 0.05) is 15.1 Å². The predicted molar refractivity (Wildman–Crippen MR) is 124 cm³/mol. The molecule has 5 rings (SSSR count). The number of fused-ring (bicyclic) bond motifs is 3. The second kappa shape index (κ2) is 7.48. The first-order chi connectivity index (χ1) is 15.0. The number of benzene rings is 3. The van der Waals surface area contributed by atoms with Crippen molar-refractivity contribution in [1.82, 2.24) is 9.13 Å². The Morgan fingerprint density at radius 2 is 1.74 bits per heavy atom. The van der Waals surface area contributed by atoms with Gasteiger partial charge in [0.2, 0.25) is 0 Å². The van der Waals surface area contributed by atoms with Gasteiger partial charge in [0.25, 0.3) is 5.56 Å². The van der Waals surface area contributed by atoms with Crippen molar-refractivity contribution in [1.29, 1.82) is 0 Å². The molecule has 0 saturated heterocycles. The predicted octanol–water partition coefficient (Wildman–Crippen LogP) is 5.52. The number of hydrogen-bond donors (Lipinski definition) is 0. The van der Waals surface area contributed by atoms with Crippen LogP contribution in [0.2, 0.25) is 5.02 Å². The lowest BCUT2D eigenvalue weighted by molar-refractivity contribution is 0.615. The molecule has 0 fully saturated rings. The summed E-state index contributed by atoms with van der Waals surface area (Å²) >= 11 is 7.69. The van der Waals surface area contributed by atoms with Crippen molar-refractivity contribution in [3.8, 4) is 5.69 Å². The largest absolute Gasteiger partial charge is 0.336 e. The van der Waals surface area contributed by atoms with Crippen molar-refractivity contribution in [2.24, 2.45) is 0 Å². The van der Waals surface area contributed by atoms with Gasteiger partial charge in [-0.15, -0.1) is 11.3 Å². The van der Waals surface area contributed by atoms with Crippen molar-refractivity contribution >= 4 is 43.2 Å². The summed E-state index contributed by atoms with van der Waals surface area (Å²) in [4.78, 5) is 27.0. The lowest BCUT2D eigenvalue weighted by Gasteiger charge is -2.14. The maximum atomic E-state index is 14.3. The molecular formula is C24H16ClFN2O2S. The minimum Gasteiger partial charge on any atom is -0.287 e. The van der Waals surface area contributed by atoms with Gasteiger partial charge in [-0.2, -0.15) is 0 Å². The topological polar surface area (TPSA) is 44.0 Å². The van der Waals surface area contributed by atoms with E-state index in [-0.39, 0.29) is 12.2 Å². The highest BCUT2D eigenvalue weighted by Crippen LogP contribution is 2.32. The molecule has 0 bridgehead atoms. The fourth-order valence-electron chi connectivity index (χ4n) is 3.74. The van der Waals surface area contributed by atoms with Crippen molar-refractivity contribution in [2.45, 2.75) is 13.5 Å². The summed E-state index contributed by atoms with van der Waals surface area (Å²) in [5.74, 6) is -0.474. The molecule has 4 nitrogen and oxygen atoms in total. The van der Waals surface area contributed by atoms with Crippen LogP contribution in [0.15, 0.2) is 76.3 Å². The molecule has 3 aromatic carbocycles. The maximum absolute atomic E-state index is 14.3. The van der Waals surface area contributed by atoms with Gasteiger partial charge in [0.15, 0.2) is 0 Å². The molecule has 0 radical (unpaired) electrons. The zero-order valence-electron chi connectivity index (χ0n) is 16.4. The van der Waals surface area contributed by atoms with Crippen LogP contribution in [-0.4, -0.2) is 9.13 Å². The van der Waals surface area contributed by atoms with E-state index in [0.29, 0.717) is 20.8 Å². The molecule has 0 N–H and O–H groups in total. The average molecular weight is 451 g/mol. The van der Waals surface area contributed by atoms with Crippen LogP contribution in [0.5, 0.6) is 0 Å². The number of rotatable bonds is 3. The monoisotopic (exact) mass is 450 g/mol. The first kappa shape index (κ1) is 19.7. The molecule has 2 aromatic heterocycles. The summed E-state index contributed by atoms with van der Waals surface area (Å²) in [6.07, 6.45) is 0. The first-order valence-corrected chi connectivity index (χ1v) is 10.8. The zero-order chi connectivity index (χ0) is 21.7. The van der Waals surface area contributed by atoms with Gasteiger partial charge < -0.3 is 0 Å². The second-order valence-electron chi connectivity index (χ2n) is 7.31. The fraction of sp³-hybridized carbons (Fsp3) is 0.0833. The number of aromatic nitrogens is 2. The summed E-state index contributed by atoms with van der Waals surface area (Å²) in [5, 5.41) is 1.35. The molecule has 0 atom stereocenters. The van der Waals surface area contributed by atoms with Crippen LogP contribution >= 0.6 is 22.9 Å². The van der Waals surface area contributed by atoms with E-state index in [1.54, 1.807) is 29.7 Å². The minimum atomic E-state index is -0.538. The van der Waals surface area contributed by atoms with Gasteiger partial charge in [-0.25, -0.2) is 13.8 Å². The van der Waals surface area contributed by atoms with Crippen LogP contribution in [0, 0.1) is 12.7 Å². The Morgan fingerprint density at radius 1 is 1.00 bits per heavy atom. The molecular weight excluding hydrogens is 435 g/mol.